The molecule has 27 heavy (non-hydrogen) atoms. The van der Waals surface area contributed by atoms with Crippen LogP contribution in [0.25, 0.3) is 21.9 Å². The summed E-state index contributed by atoms with van der Waals surface area (Å²) < 4.78 is 2.30. The Morgan fingerprint density at radius 2 is 1.63 bits per heavy atom. The van der Waals surface area contributed by atoms with E-state index < -0.39 is 0 Å². The number of para-hydroxylation sites is 1. The van der Waals surface area contributed by atoms with Crippen molar-refractivity contribution in [2.24, 2.45) is 5.41 Å². The van der Waals surface area contributed by atoms with Gasteiger partial charge in [0.15, 0.2) is 5.82 Å². The third-order valence-corrected chi connectivity index (χ3v) is 4.74. The highest BCUT2D eigenvalue weighted by atomic mass is 15.1. The standard InChI is InChI=1S/C23H26N4/c1-16-25-20-21(27(16)14-17-10-6-5-7-11-17)18-12-8-9-13-19(18)26-22(20)24-15-23(2,3)4/h5-13H,14-15H2,1-4H3,(H,24,26). The van der Waals surface area contributed by atoms with Crippen molar-refractivity contribution in [3.63, 3.8) is 0 Å². The van der Waals surface area contributed by atoms with Crippen LogP contribution in [0.5, 0.6) is 0 Å². The molecule has 0 aliphatic heterocycles. The van der Waals surface area contributed by atoms with Crippen LogP contribution in [0.1, 0.15) is 32.2 Å². The Morgan fingerprint density at radius 1 is 0.926 bits per heavy atom. The lowest BCUT2D eigenvalue weighted by Gasteiger charge is -2.19. The van der Waals surface area contributed by atoms with Crippen LogP contribution in [0.3, 0.4) is 0 Å². The molecule has 0 fully saturated rings. The minimum Gasteiger partial charge on any atom is -0.368 e. The van der Waals surface area contributed by atoms with Gasteiger partial charge >= 0.3 is 0 Å². The van der Waals surface area contributed by atoms with E-state index in [-0.39, 0.29) is 5.41 Å². The average molecular weight is 358 g/mol. The lowest BCUT2D eigenvalue weighted by atomic mass is 9.97. The SMILES string of the molecule is Cc1nc2c(NCC(C)(C)C)nc3ccccc3c2n1Cc1ccccc1. The van der Waals surface area contributed by atoms with Crippen molar-refractivity contribution in [1.29, 1.82) is 0 Å². The minimum absolute atomic E-state index is 0.168. The van der Waals surface area contributed by atoms with Gasteiger partial charge in [0.05, 0.1) is 11.0 Å². The molecule has 4 heteroatoms. The number of rotatable bonds is 4. The molecule has 4 aromatic rings. The summed E-state index contributed by atoms with van der Waals surface area (Å²) in [6, 6.07) is 18.9. The van der Waals surface area contributed by atoms with Gasteiger partial charge in [-0.15, -0.1) is 0 Å². The fourth-order valence-corrected chi connectivity index (χ4v) is 3.38. The van der Waals surface area contributed by atoms with Gasteiger partial charge in [-0.2, -0.15) is 0 Å². The van der Waals surface area contributed by atoms with Crippen LogP contribution in [0.4, 0.5) is 5.82 Å². The van der Waals surface area contributed by atoms with E-state index in [0.29, 0.717) is 0 Å². The van der Waals surface area contributed by atoms with Crippen molar-refractivity contribution in [3.05, 3.63) is 66.0 Å². The molecule has 0 aliphatic carbocycles. The highest BCUT2D eigenvalue weighted by molar-refractivity contribution is 6.07. The lowest BCUT2D eigenvalue weighted by Crippen LogP contribution is -2.19. The molecule has 4 nitrogen and oxygen atoms in total. The van der Waals surface area contributed by atoms with Crippen molar-refractivity contribution in [1.82, 2.24) is 14.5 Å². The summed E-state index contributed by atoms with van der Waals surface area (Å²) in [6.45, 7) is 10.4. The molecule has 4 rings (SSSR count). The van der Waals surface area contributed by atoms with Crippen molar-refractivity contribution >= 4 is 27.8 Å². The fraction of sp³-hybridized carbons (Fsp3) is 0.304. The fourth-order valence-electron chi connectivity index (χ4n) is 3.38. The summed E-state index contributed by atoms with van der Waals surface area (Å²) in [5, 5.41) is 4.68. The number of nitrogens with one attached hydrogen (secondary N) is 1. The zero-order valence-electron chi connectivity index (χ0n) is 16.5. The van der Waals surface area contributed by atoms with Gasteiger partial charge in [-0.05, 0) is 24.0 Å². The molecule has 0 atom stereocenters. The zero-order valence-corrected chi connectivity index (χ0v) is 16.5. The highest BCUT2D eigenvalue weighted by Crippen LogP contribution is 2.31. The van der Waals surface area contributed by atoms with Crippen LogP contribution < -0.4 is 5.32 Å². The number of pyridine rings is 1. The van der Waals surface area contributed by atoms with Gasteiger partial charge in [-0.25, -0.2) is 9.97 Å². The van der Waals surface area contributed by atoms with Crippen molar-refractivity contribution in [2.75, 3.05) is 11.9 Å². The Hall–Kier alpha value is -2.88. The monoisotopic (exact) mass is 358 g/mol. The van der Waals surface area contributed by atoms with Gasteiger partial charge in [-0.3, -0.25) is 0 Å². The van der Waals surface area contributed by atoms with Crippen LogP contribution in [-0.4, -0.2) is 21.1 Å². The number of hydrogen-bond acceptors (Lipinski definition) is 3. The molecule has 2 heterocycles. The van der Waals surface area contributed by atoms with E-state index >= 15 is 0 Å². The summed E-state index contributed by atoms with van der Waals surface area (Å²) >= 11 is 0. The largest absolute Gasteiger partial charge is 0.368 e. The smallest absolute Gasteiger partial charge is 0.154 e. The molecule has 1 N–H and O–H groups in total. The highest BCUT2D eigenvalue weighted by Gasteiger charge is 2.18. The Labute approximate surface area is 160 Å². The molecule has 0 amide bonds. The topological polar surface area (TPSA) is 42.7 Å². The van der Waals surface area contributed by atoms with Crippen LogP contribution in [-0.2, 0) is 6.54 Å². The third kappa shape index (κ3) is 3.52. The number of benzene rings is 2. The van der Waals surface area contributed by atoms with Gasteiger partial charge in [0.25, 0.3) is 0 Å². The van der Waals surface area contributed by atoms with Gasteiger partial charge in [0, 0.05) is 18.5 Å². The number of nitrogens with zero attached hydrogens (tertiary/aromatic N) is 3. The maximum absolute atomic E-state index is 4.90. The second-order valence-corrected chi connectivity index (χ2v) is 8.32. The van der Waals surface area contributed by atoms with Crippen molar-refractivity contribution in [2.45, 2.75) is 34.2 Å². The van der Waals surface area contributed by atoms with Gasteiger partial charge < -0.3 is 9.88 Å². The molecule has 2 aromatic heterocycles. The second kappa shape index (κ2) is 6.69. The molecule has 0 aliphatic rings. The Kier molecular flexibility index (Phi) is 4.34. The second-order valence-electron chi connectivity index (χ2n) is 8.32. The number of fused-ring (bicyclic) bond motifs is 3. The molecule has 0 bridgehead atoms. The van der Waals surface area contributed by atoms with Crippen molar-refractivity contribution < 1.29 is 0 Å². The molecule has 138 valence electrons. The molecule has 0 radical (unpaired) electrons. The number of hydrogen-bond donors (Lipinski definition) is 1. The predicted octanol–water partition coefficient (Wildman–Crippen LogP) is 5.40. The third-order valence-electron chi connectivity index (χ3n) is 4.74. The van der Waals surface area contributed by atoms with Crippen LogP contribution >= 0.6 is 0 Å². The summed E-state index contributed by atoms with van der Waals surface area (Å²) in [7, 11) is 0. The number of aromatic nitrogens is 3. The van der Waals surface area contributed by atoms with E-state index in [2.05, 4.69) is 86.1 Å². The van der Waals surface area contributed by atoms with Crippen LogP contribution in [0.2, 0.25) is 0 Å². The molecule has 0 spiro atoms. The zero-order chi connectivity index (χ0) is 19.0. The van der Waals surface area contributed by atoms with E-state index in [9.17, 15) is 0 Å². The maximum atomic E-state index is 4.90. The lowest BCUT2D eigenvalue weighted by molar-refractivity contribution is 0.442. The number of anilines is 1. The van der Waals surface area contributed by atoms with E-state index in [4.69, 9.17) is 9.97 Å². The van der Waals surface area contributed by atoms with Crippen molar-refractivity contribution in [3.8, 4) is 0 Å². The van der Waals surface area contributed by atoms with Gasteiger partial charge in [0.1, 0.15) is 11.3 Å². The Bertz CT molecular complexity index is 1090. The first-order chi connectivity index (χ1) is 12.9. The van der Waals surface area contributed by atoms with Gasteiger partial charge in [0.2, 0.25) is 0 Å². The molecular formula is C23H26N4. The average Bonchev–Trinajstić information content (AvgIpc) is 2.97. The summed E-state index contributed by atoms with van der Waals surface area (Å²) in [5.74, 6) is 1.87. The molecule has 0 saturated heterocycles. The summed E-state index contributed by atoms with van der Waals surface area (Å²) in [5.41, 5.74) is 4.53. The first kappa shape index (κ1) is 17.5. The van der Waals surface area contributed by atoms with Crippen LogP contribution in [0, 0.1) is 12.3 Å². The predicted molar refractivity (Wildman–Crippen MR) is 113 cm³/mol. The summed E-state index contributed by atoms with van der Waals surface area (Å²) in [6.07, 6.45) is 0. The maximum Gasteiger partial charge on any atom is 0.154 e. The normalized spacial score (nSPS) is 12.0. The summed E-state index contributed by atoms with van der Waals surface area (Å²) in [4.78, 5) is 9.78. The number of imidazole rings is 1. The quantitative estimate of drug-likeness (QED) is 0.531. The molecule has 2 aromatic carbocycles. The number of aryl methyl sites for hydroxylation is 1. The molecular weight excluding hydrogens is 332 g/mol. The van der Waals surface area contributed by atoms with E-state index in [0.717, 1.165) is 46.7 Å². The first-order valence-corrected chi connectivity index (χ1v) is 9.46. The van der Waals surface area contributed by atoms with E-state index in [1.807, 2.05) is 6.07 Å². The minimum atomic E-state index is 0.168. The Balaban J connectivity index is 1.91. The van der Waals surface area contributed by atoms with Gasteiger partial charge in [-0.1, -0.05) is 69.3 Å². The van der Waals surface area contributed by atoms with E-state index in [1.165, 1.54) is 5.56 Å². The Morgan fingerprint density at radius 3 is 2.37 bits per heavy atom. The molecule has 0 saturated carbocycles. The molecule has 0 unspecified atom stereocenters. The van der Waals surface area contributed by atoms with E-state index in [1.54, 1.807) is 0 Å². The van der Waals surface area contributed by atoms with Crippen LogP contribution in [0.15, 0.2) is 54.6 Å². The first-order valence-electron chi connectivity index (χ1n) is 9.46.